The molecule has 0 bridgehead atoms. The molecule has 0 aliphatic carbocycles. The molecule has 1 N–H and O–H groups in total. The van der Waals surface area contributed by atoms with Crippen molar-refractivity contribution in [3.05, 3.63) is 40.6 Å². The maximum absolute atomic E-state index is 5.10. The fourth-order valence-electron chi connectivity index (χ4n) is 3.67. The Morgan fingerprint density at radius 2 is 1.96 bits per heavy atom. The van der Waals surface area contributed by atoms with E-state index in [-0.39, 0.29) is 0 Å². The van der Waals surface area contributed by atoms with E-state index in [1.54, 1.807) is 0 Å². The van der Waals surface area contributed by atoms with Crippen LogP contribution in [0.5, 0.6) is 0 Å². The number of anilines is 1. The van der Waals surface area contributed by atoms with E-state index < -0.39 is 0 Å². The highest BCUT2D eigenvalue weighted by atomic mass is 15.3. The number of benzene rings is 1. The zero-order chi connectivity index (χ0) is 16.4. The van der Waals surface area contributed by atoms with E-state index in [0.29, 0.717) is 5.92 Å². The van der Waals surface area contributed by atoms with Crippen molar-refractivity contribution in [2.45, 2.75) is 65.7 Å². The van der Waals surface area contributed by atoms with Crippen LogP contribution in [-0.2, 0) is 6.42 Å². The van der Waals surface area contributed by atoms with Crippen molar-refractivity contribution in [2.75, 3.05) is 11.9 Å². The predicted molar refractivity (Wildman–Crippen MR) is 97.8 cm³/mol. The summed E-state index contributed by atoms with van der Waals surface area (Å²) >= 11 is 0. The lowest BCUT2D eigenvalue weighted by Gasteiger charge is -2.13. The molecule has 0 unspecified atom stereocenters. The molecule has 3 rings (SSSR count). The highest BCUT2D eigenvalue weighted by Gasteiger charge is 2.25. The molecule has 0 saturated carbocycles. The van der Waals surface area contributed by atoms with Gasteiger partial charge in [0.25, 0.3) is 0 Å². The molecule has 1 aliphatic rings. The molecule has 0 atom stereocenters. The minimum absolute atomic E-state index is 0.565. The molecular formula is C20H29N3. The first kappa shape index (κ1) is 16.1. The molecule has 2 aromatic rings. The Morgan fingerprint density at radius 1 is 1.17 bits per heavy atom. The second kappa shape index (κ2) is 6.77. The van der Waals surface area contributed by atoms with Gasteiger partial charge in [0.2, 0.25) is 0 Å². The number of rotatable bonds is 4. The van der Waals surface area contributed by atoms with E-state index in [2.05, 4.69) is 55.9 Å². The van der Waals surface area contributed by atoms with Crippen LogP contribution in [0.4, 0.5) is 5.82 Å². The lowest BCUT2D eigenvalue weighted by molar-refractivity contribution is 0.604. The number of aromatic nitrogens is 2. The van der Waals surface area contributed by atoms with Gasteiger partial charge in [-0.15, -0.1) is 0 Å². The summed E-state index contributed by atoms with van der Waals surface area (Å²) in [6, 6.07) is 6.51. The second-order valence-corrected chi connectivity index (χ2v) is 6.74. The van der Waals surface area contributed by atoms with Crippen molar-refractivity contribution in [3.63, 3.8) is 0 Å². The molecule has 3 heteroatoms. The van der Waals surface area contributed by atoms with Crippen LogP contribution in [0.15, 0.2) is 18.2 Å². The van der Waals surface area contributed by atoms with Gasteiger partial charge in [0.15, 0.2) is 0 Å². The standard InChI is InChI=1S/C20H29N3/c1-5-16(6-2)19-17-11-7-8-13-21-20(17)23(22-19)18-12-9-10-14(3)15(18)4/h9-10,12,16,21H,5-8,11,13H2,1-4H3. The molecule has 1 aromatic heterocycles. The molecular weight excluding hydrogens is 282 g/mol. The number of nitrogens with zero attached hydrogens (tertiary/aromatic N) is 2. The van der Waals surface area contributed by atoms with Crippen LogP contribution >= 0.6 is 0 Å². The van der Waals surface area contributed by atoms with Gasteiger partial charge < -0.3 is 5.32 Å². The fraction of sp³-hybridized carbons (Fsp3) is 0.550. The van der Waals surface area contributed by atoms with Crippen molar-refractivity contribution in [2.24, 2.45) is 0 Å². The lowest BCUT2D eigenvalue weighted by atomic mass is 9.94. The lowest BCUT2D eigenvalue weighted by Crippen LogP contribution is -2.08. The summed E-state index contributed by atoms with van der Waals surface area (Å²) < 4.78 is 2.18. The first-order valence-electron chi connectivity index (χ1n) is 9.09. The summed E-state index contributed by atoms with van der Waals surface area (Å²) in [6.07, 6.45) is 5.97. The monoisotopic (exact) mass is 311 g/mol. The van der Waals surface area contributed by atoms with Crippen LogP contribution in [-0.4, -0.2) is 16.3 Å². The smallest absolute Gasteiger partial charge is 0.133 e. The van der Waals surface area contributed by atoms with Crippen LogP contribution in [0.1, 0.15) is 67.8 Å². The Balaban J connectivity index is 2.19. The van der Waals surface area contributed by atoms with Crippen LogP contribution < -0.4 is 5.32 Å². The Kier molecular flexibility index (Phi) is 4.74. The summed E-state index contributed by atoms with van der Waals surface area (Å²) in [5.74, 6) is 1.80. The van der Waals surface area contributed by atoms with Gasteiger partial charge in [-0.25, -0.2) is 4.68 Å². The Morgan fingerprint density at radius 3 is 2.70 bits per heavy atom. The topological polar surface area (TPSA) is 29.9 Å². The van der Waals surface area contributed by atoms with E-state index in [4.69, 9.17) is 5.10 Å². The molecule has 0 amide bonds. The molecule has 3 nitrogen and oxygen atoms in total. The van der Waals surface area contributed by atoms with Crippen LogP contribution in [0.2, 0.25) is 0 Å². The number of aryl methyl sites for hydroxylation is 1. The summed E-state index contributed by atoms with van der Waals surface area (Å²) in [5.41, 5.74) is 6.63. The quantitative estimate of drug-likeness (QED) is 0.847. The van der Waals surface area contributed by atoms with E-state index >= 15 is 0 Å². The van der Waals surface area contributed by atoms with Crippen molar-refractivity contribution in [3.8, 4) is 5.69 Å². The number of nitrogens with one attached hydrogen (secondary N) is 1. The zero-order valence-electron chi connectivity index (χ0n) is 14.9. The third kappa shape index (κ3) is 2.89. The minimum Gasteiger partial charge on any atom is -0.370 e. The van der Waals surface area contributed by atoms with E-state index in [0.717, 1.165) is 25.8 Å². The number of hydrogen-bond acceptors (Lipinski definition) is 2. The SMILES string of the molecule is CCC(CC)c1nn(-c2cccc(C)c2C)c2c1CCCCN2. The minimum atomic E-state index is 0.565. The van der Waals surface area contributed by atoms with Crippen molar-refractivity contribution in [1.29, 1.82) is 0 Å². The molecule has 0 radical (unpaired) electrons. The number of hydrogen-bond donors (Lipinski definition) is 1. The Bertz CT molecular complexity index is 680. The van der Waals surface area contributed by atoms with Crippen molar-refractivity contribution >= 4 is 5.82 Å². The van der Waals surface area contributed by atoms with Gasteiger partial charge in [0, 0.05) is 18.0 Å². The fourth-order valence-corrected chi connectivity index (χ4v) is 3.67. The zero-order valence-corrected chi connectivity index (χ0v) is 14.9. The van der Waals surface area contributed by atoms with Gasteiger partial charge in [-0.1, -0.05) is 26.0 Å². The predicted octanol–water partition coefficient (Wildman–Crippen LogP) is 5.14. The average Bonchev–Trinajstić information content (AvgIpc) is 2.74. The van der Waals surface area contributed by atoms with Crippen LogP contribution in [0, 0.1) is 13.8 Å². The molecule has 0 saturated heterocycles. The average molecular weight is 311 g/mol. The van der Waals surface area contributed by atoms with Crippen molar-refractivity contribution < 1.29 is 0 Å². The molecule has 1 aliphatic heterocycles. The molecule has 2 heterocycles. The normalized spacial score (nSPS) is 14.5. The highest BCUT2D eigenvalue weighted by Crippen LogP contribution is 2.35. The largest absolute Gasteiger partial charge is 0.370 e. The summed E-state index contributed by atoms with van der Waals surface area (Å²) in [4.78, 5) is 0. The van der Waals surface area contributed by atoms with Crippen LogP contribution in [0.25, 0.3) is 5.69 Å². The van der Waals surface area contributed by atoms with E-state index in [1.807, 2.05) is 0 Å². The molecule has 0 fully saturated rings. The van der Waals surface area contributed by atoms with E-state index in [1.165, 1.54) is 46.7 Å². The second-order valence-electron chi connectivity index (χ2n) is 6.74. The summed E-state index contributed by atoms with van der Waals surface area (Å²) in [6.45, 7) is 9.98. The van der Waals surface area contributed by atoms with Gasteiger partial charge in [-0.3, -0.25) is 0 Å². The van der Waals surface area contributed by atoms with Gasteiger partial charge in [-0.05, 0) is 63.1 Å². The molecule has 23 heavy (non-hydrogen) atoms. The van der Waals surface area contributed by atoms with Gasteiger partial charge in [-0.2, -0.15) is 5.10 Å². The summed E-state index contributed by atoms with van der Waals surface area (Å²) in [7, 11) is 0. The highest BCUT2D eigenvalue weighted by molar-refractivity contribution is 5.57. The Hall–Kier alpha value is -1.77. The van der Waals surface area contributed by atoms with Crippen molar-refractivity contribution in [1.82, 2.24) is 9.78 Å². The number of fused-ring (bicyclic) bond motifs is 1. The van der Waals surface area contributed by atoms with Crippen LogP contribution in [0.3, 0.4) is 0 Å². The Labute approximate surface area is 140 Å². The van der Waals surface area contributed by atoms with Gasteiger partial charge >= 0.3 is 0 Å². The third-order valence-corrected chi connectivity index (χ3v) is 5.34. The molecule has 0 spiro atoms. The van der Waals surface area contributed by atoms with Gasteiger partial charge in [0.1, 0.15) is 5.82 Å². The maximum atomic E-state index is 5.10. The van der Waals surface area contributed by atoms with Gasteiger partial charge in [0.05, 0.1) is 11.4 Å². The van der Waals surface area contributed by atoms with E-state index in [9.17, 15) is 0 Å². The first-order valence-corrected chi connectivity index (χ1v) is 9.09. The first-order chi connectivity index (χ1) is 11.2. The maximum Gasteiger partial charge on any atom is 0.133 e. The molecule has 124 valence electrons. The third-order valence-electron chi connectivity index (χ3n) is 5.34. The molecule has 1 aromatic carbocycles. The summed E-state index contributed by atoms with van der Waals surface area (Å²) in [5, 5.41) is 8.76.